The highest BCUT2D eigenvalue weighted by Gasteiger charge is 2.45. The van der Waals surface area contributed by atoms with Gasteiger partial charge in [-0.3, -0.25) is 4.79 Å². The molecule has 3 atom stereocenters. The summed E-state index contributed by atoms with van der Waals surface area (Å²) < 4.78 is 2.49. The number of hydrogen-bond acceptors (Lipinski definition) is 4. The van der Waals surface area contributed by atoms with Gasteiger partial charge in [0.1, 0.15) is 0 Å². The zero-order valence-corrected chi connectivity index (χ0v) is 13.1. The third-order valence-corrected chi connectivity index (χ3v) is 6.83. The molecular formula is C15H18N2OS2. The molecule has 4 rings (SSSR count). The minimum atomic E-state index is 0.250. The van der Waals surface area contributed by atoms with E-state index in [1.54, 1.807) is 22.7 Å². The van der Waals surface area contributed by atoms with Gasteiger partial charge in [-0.05, 0) is 35.8 Å². The first-order valence-corrected chi connectivity index (χ1v) is 8.96. The average molecular weight is 306 g/mol. The van der Waals surface area contributed by atoms with Crippen molar-refractivity contribution in [3.8, 4) is 0 Å². The van der Waals surface area contributed by atoms with Crippen molar-refractivity contribution in [2.24, 2.45) is 11.8 Å². The fraction of sp³-hybridized carbons (Fsp3) is 0.533. The molecule has 5 heteroatoms. The molecular weight excluding hydrogens is 288 g/mol. The van der Waals surface area contributed by atoms with Crippen LogP contribution in [0.4, 0.5) is 0 Å². The molecule has 1 N–H and O–H groups in total. The van der Waals surface area contributed by atoms with E-state index in [1.807, 2.05) is 0 Å². The molecule has 4 heterocycles. The van der Waals surface area contributed by atoms with Gasteiger partial charge in [0.15, 0.2) is 0 Å². The number of likely N-dealkylation sites (tertiary alicyclic amines) is 1. The van der Waals surface area contributed by atoms with E-state index in [4.69, 9.17) is 0 Å². The zero-order valence-electron chi connectivity index (χ0n) is 11.5. The first-order chi connectivity index (χ1) is 9.78. The van der Waals surface area contributed by atoms with Gasteiger partial charge in [-0.1, -0.05) is 6.92 Å². The Labute approximate surface area is 126 Å². The van der Waals surface area contributed by atoms with Crippen LogP contribution in [-0.4, -0.2) is 36.5 Å². The quantitative estimate of drug-likeness (QED) is 0.925. The number of fused-ring (bicyclic) bond motifs is 2. The molecule has 20 heavy (non-hydrogen) atoms. The van der Waals surface area contributed by atoms with Crippen LogP contribution < -0.4 is 5.32 Å². The predicted molar refractivity (Wildman–Crippen MR) is 84.7 cm³/mol. The number of carbonyl (C=O) groups excluding carboxylic acids is 1. The number of rotatable bonds is 2. The summed E-state index contributed by atoms with van der Waals surface area (Å²) in [5.74, 6) is 1.56. The Hall–Kier alpha value is -0.910. The molecule has 0 aliphatic carbocycles. The van der Waals surface area contributed by atoms with Crippen LogP contribution in [0.5, 0.6) is 0 Å². The normalized spacial score (nSPS) is 29.2. The highest BCUT2D eigenvalue weighted by Crippen LogP contribution is 2.37. The molecule has 0 spiro atoms. The summed E-state index contributed by atoms with van der Waals surface area (Å²) in [7, 11) is 0. The molecule has 3 nitrogen and oxygen atoms in total. The van der Waals surface area contributed by atoms with Crippen LogP contribution in [0.25, 0.3) is 9.40 Å². The molecule has 2 saturated heterocycles. The molecule has 0 saturated carbocycles. The SMILES string of the molecule is CCC1C2CNCC2CN1C(=O)c1cc2sccc2s1. The van der Waals surface area contributed by atoms with Crippen molar-refractivity contribution in [2.45, 2.75) is 19.4 Å². The summed E-state index contributed by atoms with van der Waals surface area (Å²) in [5, 5.41) is 5.56. The number of nitrogens with zero attached hydrogens (tertiary/aromatic N) is 1. The van der Waals surface area contributed by atoms with Crippen molar-refractivity contribution in [1.82, 2.24) is 10.2 Å². The van der Waals surface area contributed by atoms with Gasteiger partial charge in [-0.15, -0.1) is 22.7 Å². The second-order valence-corrected chi connectivity index (χ2v) is 7.81. The number of hydrogen-bond donors (Lipinski definition) is 1. The van der Waals surface area contributed by atoms with Gasteiger partial charge < -0.3 is 10.2 Å². The molecule has 2 fully saturated rings. The summed E-state index contributed by atoms with van der Waals surface area (Å²) >= 11 is 3.36. The first kappa shape index (κ1) is 12.8. The van der Waals surface area contributed by atoms with Crippen LogP contribution in [-0.2, 0) is 0 Å². The second-order valence-electron chi connectivity index (χ2n) is 5.78. The van der Waals surface area contributed by atoms with E-state index in [9.17, 15) is 4.79 Å². The topological polar surface area (TPSA) is 32.3 Å². The van der Waals surface area contributed by atoms with Crippen molar-refractivity contribution >= 4 is 38.0 Å². The Balaban J connectivity index is 1.63. The van der Waals surface area contributed by atoms with Gasteiger partial charge in [0.05, 0.1) is 4.88 Å². The molecule has 0 radical (unpaired) electrons. The summed E-state index contributed by atoms with van der Waals surface area (Å²) in [6.07, 6.45) is 1.06. The maximum absolute atomic E-state index is 12.8. The van der Waals surface area contributed by atoms with Gasteiger partial charge >= 0.3 is 0 Å². The van der Waals surface area contributed by atoms with Gasteiger partial charge in [0, 0.05) is 35.1 Å². The Morgan fingerprint density at radius 1 is 1.45 bits per heavy atom. The molecule has 2 aromatic rings. The zero-order chi connectivity index (χ0) is 13.7. The van der Waals surface area contributed by atoms with E-state index in [2.05, 4.69) is 34.7 Å². The average Bonchev–Trinajstić information content (AvgIpc) is 3.15. The Bertz CT molecular complexity index is 619. The molecule has 2 aromatic heterocycles. The van der Waals surface area contributed by atoms with Crippen LogP contribution in [0.2, 0.25) is 0 Å². The van der Waals surface area contributed by atoms with Crippen LogP contribution in [0.3, 0.4) is 0 Å². The van der Waals surface area contributed by atoms with Gasteiger partial charge in [-0.2, -0.15) is 0 Å². The van der Waals surface area contributed by atoms with E-state index in [1.165, 1.54) is 9.40 Å². The maximum Gasteiger partial charge on any atom is 0.264 e. The highest BCUT2D eigenvalue weighted by atomic mass is 32.1. The van der Waals surface area contributed by atoms with E-state index >= 15 is 0 Å². The molecule has 2 aliphatic rings. The van der Waals surface area contributed by atoms with Crippen molar-refractivity contribution in [1.29, 1.82) is 0 Å². The van der Waals surface area contributed by atoms with Gasteiger partial charge in [0.25, 0.3) is 5.91 Å². The second kappa shape index (κ2) is 4.83. The van der Waals surface area contributed by atoms with Crippen LogP contribution in [0.1, 0.15) is 23.0 Å². The molecule has 3 unspecified atom stereocenters. The summed E-state index contributed by atoms with van der Waals surface area (Å²) in [6.45, 7) is 5.29. The van der Waals surface area contributed by atoms with Gasteiger partial charge in [0.2, 0.25) is 0 Å². The molecule has 1 amide bonds. The summed E-state index contributed by atoms with van der Waals surface area (Å²) in [6, 6.07) is 4.61. The number of amides is 1. The lowest BCUT2D eigenvalue weighted by Crippen LogP contribution is -2.39. The van der Waals surface area contributed by atoms with Crippen molar-refractivity contribution in [3.05, 3.63) is 22.4 Å². The minimum Gasteiger partial charge on any atom is -0.334 e. The van der Waals surface area contributed by atoms with Crippen LogP contribution in [0.15, 0.2) is 17.5 Å². The number of thiophene rings is 2. The minimum absolute atomic E-state index is 0.250. The lowest BCUT2D eigenvalue weighted by Gasteiger charge is -2.26. The van der Waals surface area contributed by atoms with Crippen LogP contribution in [0, 0.1) is 11.8 Å². The standard InChI is InChI=1S/C15H18N2OS2/c1-2-11-10-7-16-6-9(10)8-17(11)15(18)14-5-13-12(20-14)3-4-19-13/h3-5,9-11,16H,2,6-8H2,1H3. The highest BCUT2D eigenvalue weighted by molar-refractivity contribution is 7.27. The van der Waals surface area contributed by atoms with E-state index in [0.29, 0.717) is 17.9 Å². The fourth-order valence-corrected chi connectivity index (χ4v) is 5.86. The number of carbonyl (C=O) groups is 1. The third-order valence-electron chi connectivity index (χ3n) is 4.75. The monoisotopic (exact) mass is 306 g/mol. The Morgan fingerprint density at radius 3 is 3.15 bits per heavy atom. The van der Waals surface area contributed by atoms with E-state index in [0.717, 1.165) is 30.9 Å². The maximum atomic E-state index is 12.8. The van der Waals surface area contributed by atoms with Crippen molar-refractivity contribution in [2.75, 3.05) is 19.6 Å². The summed E-state index contributed by atoms with van der Waals surface area (Å²) in [5.41, 5.74) is 0. The Kier molecular flexibility index (Phi) is 3.09. The summed E-state index contributed by atoms with van der Waals surface area (Å²) in [4.78, 5) is 15.9. The molecule has 106 valence electrons. The first-order valence-electron chi connectivity index (χ1n) is 7.26. The lowest BCUT2D eigenvalue weighted by molar-refractivity contribution is 0.0716. The van der Waals surface area contributed by atoms with Crippen molar-refractivity contribution < 1.29 is 4.79 Å². The Morgan fingerprint density at radius 2 is 2.35 bits per heavy atom. The van der Waals surface area contributed by atoms with E-state index in [-0.39, 0.29) is 5.91 Å². The molecule has 0 bridgehead atoms. The molecule has 2 aliphatic heterocycles. The smallest absolute Gasteiger partial charge is 0.264 e. The fourth-order valence-electron chi connectivity index (χ4n) is 3.79. The third kappa shape index (κ3) is 1.84. The van der Waals surface area contributed by atoms with Crippen molar-refractivity contribution in [3.63, 3.8) is 0 Å². The largest absolute Gasteiger partial charge is 0.334 e. The van der Waals surface area contributed by atoms with Gasteiger partial charge in [-0.25, -0.2) is 0 Å². The molecule has 0 aromatic carbocycles. The van der Waals surface area contributed by atoms with Crippen LogP contribution >= 0.6 is 22.7 Å². The van der Waals surface area contributed by atoms with E-state index < -0.39 is 0 Å². The number of nitrogens with one attached hydrogen (secondary N) is 1. The lowest BCUT2D eigenvalue weighted by atomic mass is 9.93. The predicted octanol–water partition coefficient (Wildman–Crippen LogP) is 3.03.